The molecule has 1 fully saturated rings. The molecule has 1 aliphatic carbocycles. The maximum atomic E-state index is 4.34. The monoisotopic (exact) mass is 194 g/mol. The van der Waals surface area contributed by atoms with Crippen LogP contribution >= 0.6 is 0 Å². The zero-order chi connectivity index (χ0) is 10.4. The van der Waals surface area contributed by atoms with Gasteiger partial charge in [0, 0.05) is 6.54 Å². The fourth-order valence-corrected chi connectivity index (χ4v) is 2.27. The van der Waals surface area contributed by atoms with Gasteiger partial charge in [0.2, 0.25) is 0 Å². The van der Waals surface area contributed by atoms with E-state index in [2.05, 4.69) is 23.6 Å². The lowest BCUT2D eigenvalue weighted by Crippen LogP contribution is -1.99. The van der Waals surface area contributed by atoms with Gasteiger partial charge in [-0.15, -0.1) is 0 Å². The summed E-state index contributed by atoms with van der Waals surface area (Å²) in [5.74, 6) is 2.74. The molecule has 1 rings (SSSR count). The molecule has 0 radical (unpaired) electrons. The third-order valence-corrected chi connectivity index (χ3v) is 3.33. The summed E-state index contributed by atoms with van der Waals surface area (Å²) in [7, 11) is 0. The summed E-state index contributed by atoms with van der Waals surface area (Å²) in [5.41, 5.74) is 0. The first-order chi connectivity index (χ1) is 6.76. The predicted molar refractivity (Wildman–Crippen MR) is 63.3 cm³/mol. The Balaban J connectivity index is 2.17. The third kappa shape index (κ3) is 3.60. The Morgan fingerprint density at radius 3 is 2.64 bits per heavy atom. The molecule has 2 atom stereocenters. The van der Waals surface area contributed by atoms with E-state index in [4.69, 9.17) is 0 Å². The van der Waals surface area contributed by atoms with Gasteiger partial charge in [-0.1, -0.05) is 26.2 Å². The van der Waals surface area contributed by atoms with Gasteiger partial charge < -0.3 is 0 Å². The highest BCUT2D eigenvalue weighted by atomic mass is 14.9. The van der Waals surface area contributed by atoms with Crippen LogP contribution in [0.25, 0.3) is 0 Å². The van der Waals surface area contributed by atoms with E-state index in [1.165, 1.54) is 32.1 Å². The Kier molecular flexibility index (Phi) is 4.85. The molecule has 0 aromatic heterocycles. The van der Waals surface area contributed by atoms with Crippen LogP contribution in [0, 0.1) is 11.8 Å². The van der Waals surface area contributed by atoms with E-state index in [0.29, 0.717) is 0 Å². The molecule has 1 aliphatic rings. The van der Waals surface area contributed by atoms with Crippen molar-refractivity contribution in [1.29, 1.82) is 0 Å². The van der Waals surface area contributed by atoms with Crippen LogP contribution in [0.3, 0.4) is 0 Å². The molecule has 0 N–H and O–H groups in total. The van der Waals surface area contributed by atoms with E-state index in [-0.39, 0.29) is 0 Å². The predicted octanol–water partition coefficient (Wildman–Crippen LogP) is 3.32. The highest BCUT2D eigenvalue weighted by molar-refractivity contribution is 5.83. The van der Waals surface area contributed by atoms with E-state index in [0.717, 1.165) is 24.2 Å². The molecule has 2 heteroatoms. The van der Waals surface area contributed by atoms with E-state index < -0.39 is 0 Å². The number of aliphatic imine (C=N–C) groups is 2. The van der Waals surface area contributed by atoms with E-state index in [1.54, 1.807) is 0 Å². The molecule has 14 heavy (non-hydrogen) atoms. The Morgan fingerprint density at radius 1 is 1.36 bits per heavy atom. The highest BCUT2D eigenvalue weighted by Gasteiger charge is 2.22. The second kappa shape index (κ2) is 5.94. The highest BCUT2D eigenvalue weighted by Crippen LogP contribution is 2.34. The summed E-state index contributed by atoms with van der Waals surface area (Å²) in [6, 6.07) is 0. The first kappa shape index (κ1) is 11.4. The van der Waals surface area contributed by atoms with Crippen molar-refractivity contribution in [3.63, 3.8) is 0 Å². The fraction of sp³-hybridized carbons (Fsp3) is 0.833. The molecule has 80 valence electrons. The van der Waals surface area contributed by atoms with Crippen molar-refractivity contribution in [1.82, 2.24) is 0 Å². The number of amidine groups is 1. The van der Waals surface area contributed by atoms with Gasteiger partial charge in [-0.3, -0.25) is 4.99 Å². The molecule has 2 unspecified atom stereocenters. The van der Waals surface area contributed by atoms with Crippen LogP contribution in [0.1, 0.15) is 46.0 Å². The zero-order valence-corrected chi connectivity index (χ0v) is 9.50. The molecule has 0 saturated heterocycles. The fourth-order valence-electron chi connectivity index (χ4n) is 2.27. The maximum absolute atomic E-state index is 4.34. The number of hydrogen-bond acceptors (Lipinski definition) is 1. The van der Waals surface area contributed by atoms with E-state index >= 15 is 0 Å². The van der Waals surface area contributed by atoms with Gasteiger partial charge in [0.25, 0.3) is 0 Å². The molecule has 0 bridgehead atoms. The van der Waals surface area contributed by atoms with Crippen LogP contribution < -0.4 is 0 Å². The average molecular weight is 194 g/mol. The van der Waals surface area contributed by atoms with Crippen molar-refractivity contribution in [2.75, 3.05) is 6.54 Å². The normalized spacial score (nSPS) is 28.0. The smallest absolute Gasteiger partial charge is 0.119 e. The molecular formula is C12H22N2. The van der Waals surface area contributed by atoms with E-state index in [1.807, 2.05) is 6.92 Å². The molecule has 2 nitrogen and oxygen atoms in total. The second-order valence-electron chi connectivity index (χ2n) is 4.33. The number of nitrogens with zero attached hydrogens (tertiary/aromatic N) is 2. The SMILES string of the molecule is C=NC(C)=NCCC1CCC(CC)C1. The molecule has 0 aromatic rings. The Bertz CT molecular complexity index is 208. The Labute approximate surface area is 87.5 Å². The summed E-state index contributed by atoms with van der Waals surface area (Å²) in [6.45, 7) is 8.61. The molecule has 1 saturated carbocycles. The lowest BCUT2D eigenvalue weighted by atomic mass is 10.0. The summed E-state index contributed by atoms with van der Waals surface area (Å²) >= 11 is 0. The topological polar surface area (TPSA) is 24.7 Å². The molecule has 0 aliphatic heterocycles. The van der Waals surface area contributed by atoms with Crippen molar-refractivity contribution < 1.29 is 0 Å². The largest absolute Gasteiger partial charge is 0.271 e. The molecule has 0 heterocycles. The van der Waals surface area contributed by atoms with Crippen LogP contribution in [0.15, 0.2) is 9.98 Å². The number of rotatable bonds is 4. The standard InChI is InChI=1S/C12H22N2/c1-4-11-5-6-12(9-11)7-8-14-10(2)13-3/h11-12H,3-9H2,1-2H3. The van der Waals surface area contributed by atoms with Gasteiger partial charge in [-0.25, -0.2) is 4.99 Å². The quantitative estimate of drug-likeness (QED) is 0.484. The van der Waals surface area contributed by atoms with E-state index in [9.17, 15) is 0 Å². The first-order valence-electron chi connectivity index (χ1n) is 5.74. The van der Waals surface area contributed by atoms with Gasteiger partial charge in [0.1, 0.15) is 5.84 Å². The molecule has 0 aromatic carbocycles. The van der Waals surface area contributed by atoms with Crippen molar-refractivity contribution in [2.45, 2.75) is 46.0 Å². The van der Waals surface area contributed by atoms with Crippen LogP contribution in [-0.2, 0) is 0 Å². The molecule has 0 spiro atoms. The zero-order valence-electron chi connectivity index (χ0n) is 9.50. The Morgan fingerprint density at radius 2 is 2.07 bits per heavy atom. The van der Waals surface area contributed by atoms with Gasteiger partial charge in [0.05, 0.1) is 0 Å². The van der Waals surface area contributed by atoms with Gasteiger partial charge >= 0.3 is 0 Å². The number of hydrogen-bond donors (Lipinski definition) is 0. The minimum Gasteiger partial charge on any atom is -0.271 e. The summed E-state index contributed by atoms with van der Waals surface area (Å²) in [4.78, 5) is 8.13. The van der Waals surface area contributed by atoms with Crippen molar-refractivity contribution in [3.05, 3.63) is 0 Å². The molecular weight excluding hydrogens is 172 g/mol. The van der Waals surface area contributed by atoms with Crippen LogP contribution in [0.4, 0.5) is 0 Å². The van der Waals surface area contributed by atoms with Crippen LogP contribution in [-0.4, -0.2) is 19.1 Å². The third-order valence-electron chi connectivity index (χ3n) is 3.33. The minimum absolute atomic E-state index is 0.829. The lowest BCUT2D eigenvalue weighted by Gasteiger charge is -2.07. The average Bonchev–Trinajstić information content (AvgIpc) is 2.65. The van der Waals surface area contributed by atoms with Crippen molar-refractivity contribution in [3.8, 4) is 0 Å². The van der Waals surface area contributed by atoms with Crippen LogP contribution in [0.2, 0.25) is 0 Å². The second-order valence-corrected chi connectivity index (χ2v) is 4.33. The molecule has 0 amide bonds. The van der Waals surface area contributed by atoms with Crippen molar-refractivity contribution in [2.24, 2.45) is 21.8 Å². The lowest BCUT2D eigenvalue weighted by molar-refractivity contribution is 0.462. The minimum atomic E-state index is 0.829. The van der Waals surface area contributed by atoms with Gasteiger partial charge in [-0.2, -0.15) is 0 Å². The first-order valence-corrected chi connectivity index (χ1v) is 5.74. The summed E-state index contributed by atoms with van der Waals surface area (Å²) in [5, 5.41) is 0. The van der Waals surface area contributed by atoms with Crippen molar-refractivity contribution >= 4 is 12.6 Å². The van der Waals surface area contributed by atoms with Gasteiger partial charge in [-0.05, 0) is 38.3 Å². The summed E-state index contributed by atoms with van der Waals surface area (Å²) in [6.07, 6.45) is 6.86. The maximum Gasteiger partial charge on any atom is 0.119 e. The van der Waals surface area contributed by atoms with Gasteiger partial charge in [0.15, 0.2) is 0 Å². The Hall–Kier alpha value is -0.660. The van der Waals surface area contributed by atoms with Crippen LogP contribution in [0.5, 0.6) is 0 Å². The summed E-state index contributed by atoms with van der Waals surface area (Å²) < 4.78 is 0.